The van der Waals surface area contributed by atoms with Gasteiger partial charge in [-0.2, -0.15) is 0 Å². The van der Waals surface area contributed by atoms with Gasteiger partial charge in [-0.05, 0) is 42.3 Å². The number of hydrogen-bond donors (Lipinski definition) is 2. The number of carbonyl (C=O) groups is 1. The van der Waals surface area contributed by atoms with E-state index in [0.29, 0.717) is 33.1 Å². The Bertz CT molecular complexity index is 1410. The number of nitro groups is 1. The molecule has 9 nitrogen and oxygen atoms in total. The van der Waals surface area contributed by atoms with Crippen molar-refractivity contribution in [1.82, 2.24) is 20.1 Å². The quantitative estimate of drug-likeness (QED) is 0.151. The number of nitrogens with one attached hydrogen (secondary N) is 2. The van der Waals surface area contributed by atoms with Crippen molar-refractivity contribution >= 4 is 52.4 Å². The molecule has 0 fully saturated rings. The van der Waals surface area contributed by atoms with Gasteiger partial charge >= 0.3 is 6.03 Å². The number of rotatable bonds is 8. The van der Waals surface area contributed by atoms with Crippen LogP contribution in [0.1, 0.15) is 17.0 Å². The SMILES string of the molecule is Cc1ccccc1CSc1nnc(CNC(=O)Nc2cccc(Cl)c2Cl)n1-c1ccc([N+](=O)[O-])cc1. The number of anilines is 1. The van der Waals surface area contributed by atoms with Crippen molar-refractivity contribution in [3.8, 4) is 5.69 Å². The van der Waals surface area contributed by atoms with Gasteiger partial charge in [0.25, 0.3) is 5.69 Å². The molecular weight excluding hydrogens is 523 g/mol. The molecule has 1 heterocycles. The van der Waals surface area contributed by atoms with Crippen molar-refractivity contribution in [3.63, 3.8) is 0 Å². The van der Waals surface area contributed by atoms with E-state index >= 15 is 0 Å². The van der Waals surface area contributed by atoms with Gasteiger partial charge in [-0.3, -0.25) is 14.7 Å². The molecule has 0 aliphatic heterocycles. The molecule has 4 rings (SSSR count). The number of aryl methyl sites for hydroxylation is 1. The lowest BCUT2D eigenvalue weighted by molar-refractivity contribution is -0.384. The predicted molar refractivity (Wildman–Crippen MR) is 141 cm³/mol. The Kier molecular flexibility index (Phi) is 8.09. The fourth-order valence-corrected chi connectivity index (χ4v) is 4.73. The van der Waals surface area contributed by atoms with Crippen LogP contribution >= 0.6 is 35.0 Å². The summed E-state index contributed by atoms with van der Waals surface area (Å²) in [7, 11) is 0. The van der Waals surface area contributed by atoms with Crippen molar-refractivity contribution in [2.45, 2.75) is 24.4 Å². The van der Waals surface area contributed by atoms with Gasteiger partial charge in [0, 0.05) is 23.6 Å². The zero-order chi connectivity index (χ0) is 25.7. The number of carbonyl (C=O) groups excluding carboxylic acids is 1. The van der Waals surface area contributed by atoms with Crippen molar-refractivity contribution in [3.05, 3.63) is 104 Å². The zero-order valence-electron chi connectivity index (χ0n) is 18.9. The van der Waals surface area contributed by atoms with Crippen LogP contribution in [0.15, 0.2) is 71.9 Å². The third-order valence-electron chi connectivity index (χ3n) is 5.24. The lowest BCUT2D eigenvalue weighted by atomic mass is 10.1. The van der Waals surface area contributed by atoms with Gasteiger partial charge in [0.1, 0.15) is 0 Å². The van der Waals surface area contributed by atoms with Crippen molar-refractivity contribution in [2.24, 2.45) is 0 Å². The summed E-state index contributed by atoms with van der Waals surface area (Å²) in [6.45, 7) is 2.08. The molecule has 0 bridgehead atoms. The highest BCUT2D eigenvalue weighted by molar-refractivity contribution is 7.98. The van der Waals surface area contributed by atoms with Gasteiger partial charge in [0.2, 0.25) is 0 Å². The number of aromatic nitrogens is 3. The Morgan fingerprint density at radius 2 is 1.81 bits per heavy atom. The molecule has 2 amide bonds. The highest BCUT2D eigenvalue weighted by Gasteiger charge is 2.17. The summed E-state index contributed by atoms with van der Waals surface area (Å²) in [4.78, 5) is 23.1. The fraction of sp³-hybridized carbons (Fsp3) is 0.125. The topological polar surface area (TPSA) is 115 Å². The van der Waals surface area contributed by atoms with E-state index in [4.69, 9.17) is 23.2 Å². The van der Waals surface area contributed by atoms with E-state index in [1.807, 2.05) is 31.2 Å². The van der Waals surface area contributed by atoms with Gasteiger partial charge in [0.05, 0.1) is 27.2 Å². The maximum absolute atomic E-state index is 12.5. The van der Waals surface area contributed by atoms with E-state index in [2.05, 4.69) is 20.8 Å². The van der Waals surface area contributed by atoms with Gasteiger partial charge in [-0.15, -0.1) is 10.2 Å². The first-order chi connectivity index (χ1) is 17.3. The van der Waals surface area contributed by atoms with Crippen molar-refractivity contribution in [2.75, 3.05) is 5.32 Å². The predicted octanol–water partition coefficient (Wildman–Crippen LogP) is 6.40. The third kappa shape index (κ3) is 5.96. The first kappa shape index (κ1) is 25.5. The smallest absolute Gasteiger partial charge is 0.319 e. The molecule has 0 unspecified atom stereocenters. The number of thioether (sulfide) groups is 1. The first-order valence-electron chi connectivity index (χ1n) is 10.7. The summed E-state index contributed by atoms with van der Waals surface area (Å²) in [5, 5.41) is 26.2. The average molecular weight is 543 g/mol. The molecule has 4 aromatic rings. The molecule has 0 aliphatic carbocycles. The summed E-state index contributed by atoms with van der Waals surface area (Å²) in [6, 6.07) is 18.5. The standard InChI is InChI=1S/C24H20Cl2N6O3S/c1-15-5-2-3-6-16(15)14-36-24-30-29-21(31(24)17-9-11-18(12-10-17)32(34)35)13-27-23(33)28-20-8-4-7-19(25)22(20)26/h2-12H,13-14H2,1H3,(H2,27,28,33). The first-order valence-corrected chi connectivity index (χ1v) is 12.4. The van der Waals surface area contributed by atoms with E-state index < -0.39 is 11.0 Å². The molecule has 3 aromatic carbocycles. The molecule has 36 heavy (non-hydrogen) atoms. The van der Waals surface area contributed by atoms with E-state index in [1.165, 1.54) is 23.9 Å². The zero-order valence-corrected chi connectivity index (χ0v) is 21.3. The summed E-state index contributed by atoms with van der Waals surface area (Å²) in [5.41, 5.74) is 3.28. The summed E-state index contributed by atoms with van der Waals surface area (Å²) < 4.78 is 1.76. The Hall–Kier alpha value is -3.60. The van der Waals surface area contributed by atoms with Crippen LogP contribution < -0.4 is 10.6 Å². The number of urea groups is 1. The molecule has 0 aliphatic rings. The number of halogens is 2. The Morgan fingerprint density at radius 3 is 2.53 bits per heavy atom. The molecule has 0 radical (unpaired) electrons. The summed E-state index contributed by atoms with van der Waals surface area (Å²) >= 11 is 13.6. The van der Waals surface area contributed by atoms with E-state index in [-0.39, 0.29) is 17.3 Å². The number of non-ortho nitro benzene ring substituents is 1. The summed E-state index contributed by atoms with van der Waals surface area (Å²) in [6.07, 6.45) is 0. The Balaban J connectivity index is 1.56. The molecule has 0 spiro atoms. The second kappa shape index (κ2) is 11.4. The van der Waals surface area contributed by atoms with Crippen LogP contribution in [-0.2, 0) is 12.3 Å². The molecule has 0 atom stereocenters. The highest BCUT2D eigenvalue weighted by Crippen LogP contribution is 2.30. The molecule has 12 heteroatoms. The van der Waals surface area contributed by atoms with Gasteiger partial charge in [-0.1, -0.05) is 65.3 Å². The number of benzene rings is 3. The Morgan fingerprint density at radius 1 is 1.06 bits per heavy atom. The monoisotopic (exact) mass is 542 g/mol. The van der Waals surface area contributed by atoms with E-state index in [9.17, 15) is 14.9 Å². The molecular formula is C24H20Cl2N6O3S. The van der Waals surface area contributed by atoms with E-state index in [1.54, 1.807) is 34.9 Å². The number of nitrogens with zero attached hydrogens (tertiary/aromatic N) is 4. The fourth-order valence-electron chi connectivity index (χ4n) is 3.33. The van der Waals surface area contributed by atoms with Crippen molar-refractivity contribution in [1.29, 1.82) is 0 Å². The van der Waals surface area contributed by atoms with Crippen LogP contribution in [0, 0.1) is 17.0 Å². The second-order valence-corrected chi connectivity index (χ2v) is 9.36. The van der Waals surface area contributed by atoms with E-state index in [0.717, 1.165) is 11.1 Å². The van der Waals surface area contributed by atoms with Crippen LogP contribution in [0.2, 0.25) is 10.0 Å². The molecule has 184 valence electrons. The lowest BCUT2D eigenvalue weighted by Gasteiger charge is -2.12. The second-order valence-electron chi connectivity index (χ2n) is 7.63. The molecule has 0 saturated heterocycles. The lowest BCUT2D eigenvalue weighted by Crippen LogP contribution is -2.29. The maximum Gasteiger partial charge on any atom is 0.319 e. The third-order valence-corrected chi connectivity index (χ3v) is 7.04. The number of hydrogen-bond acceptors (Lipinski definition) is 6. The van der Waals surface area contributed by atoms with Crippen LogP contribution in [0.5, 0.6) is 0 Å². The van der Waals surface area contributed by atoms with Gasteiger partial charge in [0.15, 0.2) is 11.0 Å². The molecule has 2 N–H and O–H groups in total. The number of amides is 2. The van der Waals surface area contributed by atoms with Crippen LogP contribution in [0.3, 0.4) is 0 Å². The van der Waals surface area contributed by atoms with Crippen LogP contribution in [0.25, 0.3) is 5.69 Å². The maximum atomic E-state index is 12.5. The Labute approximate surface area is 221 Å². The minimum atomic E-state index is -0.508. The minimum Gasteiger partial charge on any atom is -0.331 e. The van der Waals surface area contributed by atoms with Crippen molar-refractivity contribution < 1.29 is 9.72 Å². The van der Waals surface area contributed by atoms with Gasteiger partial charge in [-0.25, -0.2) is 4.79 Å². The van der Waals surface area contributed by atoms with Gasteiger partial charge < -0.3 is 10.6 Å². The van der Waals surface area contributed by atoms with Crippen LogP contribution in [-0.4, -0.2) is 25.7 Å². The largest absolute Gasteiger partial charge is 0.331 e. The normalized spacial score (nSPS) is 10.8. The number of nitro benzene ring substituents is 1. The van der Waals surface area contributed by atoms with Crippen LogP contribution in [0.4, 0.5) is 16.2 Å². The highest BCUT2D eigenvalue weighted by atomic mass is 35.5. The molecule has 0 saturated carbocycles. The minimum absolute atomic E-state index is 0.0293. The summed E-state index contributed by atoms with van der Waals surface area (Å²) in [5.74, 6) is 1.10. The average Bonchev–Trinajstić information content (AvgIpc) is 3.28. The molecule has 1 aromatic heterocycles.